The van der Waals surface area contributed by atoms with Gasteiger partial charge in [0.2, 0.25) is 0 Å². The highest BCUT2D eigenvalue weighted by Gasteiger charge is 2.30. The first-order chi connectivity index (χ1) is 7.27. The lowest BCUT2D eigenvalue weighted by molar-refractivity contribution is -0.136. The van der Waals surface area contributed by atoms with E-state index in [0.717, 1.165) is 12.8 Å². The Morgan fingerprint density at radius 3 is 2.93 bits per heavy atom. The molecule has 1 fully saturated rings. The van der Waals surface area contributed by atoms with Gasteiger partial charge >= 0.3 is 5.97 Å². The molecular formula is C9H12N4O2. The molecule has 0 amide bonds. The molecule has 1 aliphatic carbocycles. The van der Waals surface area contributed by atoms with Crippen LogP contribution in [0.15, 0.2) is 12.5 Å². The minimum Gasteiger partial charge on any atom is -0.481 e. The minimum atomic E-state index is -0.794. The van der Waals surface area contributed by atoms with Gasteiger partial charge in [0.15, 0.2) is 5.82 Å². The van der Waals surface area contributed by atoms with E-state index in [0.29, 0.717) is 18.4 Å². The van der Waals surface area contributed by atoms with Crippen molar-refractivity contribution in [2.75, 3.05) is 11.4 Å². The fraction of sp³-hybridized carbons (Fsp3) is 0.556. The van der Waals surface area contributed by atoms with Gasteiger partial charge in [0.25, 0.3) is 0 Å². The second-order valence-corrected chi connectivity index (χ2v) is 3.54. The van der Waals surface area contributed by atoms with Gasteiger partial charge < -0.3 is 10.0 Å². The fourth-order valence-corrected chi connectivity index (χ4v) is 1.46. The van der Waals surface area contributed by atoms with Crippen molar-refractivity contribution in [1.82, 2.24) is 15.2 Å². The molecule has 80 valence electrons. The number of hydrogen-bond donors (Lipinski definition) is 1. The molecule has 0 spiro atoms. The molecule has 0 saturated heterocycles. The van der Waals surface area contributed by atoms with E-state index >= 15 is 0 Å². The molecule has 1 N–H and O–H groups in total. The van der Waals surface area contributed by atoms with E-state index in [2.05, 4.69) is 15.2 Å². The Kier molecular flexibility index (Phi) is 2.75. The van der Waals surface area contributed by atoms with Crippen LogP contribution in [0.4, 0.5) is 5.82 Å². The first kappa shape index (κ1) is 9.82. The lowest BCUT2D eigenvalue weighted by atomic mass is 10.3. The number of carbonyl (C=O) groups is 1. The van der Waals surface area contributed by atoms with E-state index in [1.807, 2.05) is 4.90 Å². The number of aromatic nitrogens is 3. The molecule has 1 aromatic heterocycles. The topological polar surface area (TPSA) is 79.2 Å². The van der Waals surface area contributed by atoms with Crippen LogP contribution < -0.4 is 4.90 Å². The molecule has 15 heavy (non-hydrogen) atoms. The lowest BCUT2D eigenvalue weighted by Gasteiger charge is -2.21. The summed E-state index contributed by atoms with van der Waals surface area (Å²) in [7, 11) is 0. The summed E-state index contributed by atoms with van der Waals surface area (Å²) in [4.78, 5) is 16.3. The van der Waals surface area contributed by atoms with E-state index in [9.17, 15) is 4.79 Å². The fourth-order valence-electron chi connectivity index (χ4n) is 1.46. The largest absolute Gasteiger partial charge is 0.481 e. The molecule has 0 aliphatic heterocycles. The maximum Gasteiger partial charge on any atom is 0.305 e. The van der Waals surface area contributed by atoms with Crippen LogP contribution in [0.2, 0.25) is 0 Å². The highest BCUT2D eigenvalue weighted by molar-refractivity contribution is 5.67. The highest BCUT2D eigenvalue weighted by Crippen LogP contribution is 2.29. The summed E-state index contributed by atoms with van der Waals surface area (Å²) in [5.74, 6) is -0.126. The summed E-state index contributed by atoms with van der Waals surface area (Å²) >= 11 is 0. The molecule has 0 bridgehead atoms. The molecule has 1 aromatic rings. The van der Waals surface area contributed by atoms with Crippen molar-refractivity contribution in [1.29, 1.82) is 0 Å². The van der Waals surface area contributed by atoms with Crippen LogP contribution in [-0.2, 0) is 4.79 Å². The average molecular weight is 208 g/mol. The van der Waals surface area contributed by atoms with E-state index < -0.39 is 5.97 Å². The lowest BCUT2D eigenvalue weighted by Crippen LogP contribution is -2.29. The molecule has 1 heterocycles. The van der Waals surface area contributed by atoms with Crippen LogP contribution in [-0.4, -0.2) is 38.8 Å². The normalized spacial score (nSPS) is 14.9. The van der Waals surface area contributed by atoms with Gasteiger partial charge in [-0.2, -0.15) is 0 Å². The van der Waals surface area contributed by atoms with Crippen molar-refractivity contribution in [3.63, 3.8) is 0 Å². The molecule has 0 unspecified atom stereocenters. The molecule has 0 radical (unpaired) electrons. The predicted octanol–water partition coefficient (Wildman–Crippen LogP) is 0.315. The van der Waals surface area contributed by atoms with Crippen molar-refractivity contribution in [2.45, 2.75) is 25.3 Å². The second kappa shape index (κ2) is 4.20. The Morgan fingerprint density at radius 2 is 2.40 bits per heavy atom. The molecule has 0 atom stereocenters. The first-order valence-electron chi connectivity index (χ1n) is 4.88. The number of carboxylic acids is 1. The molecular weight excluding hydrogens is 196 g/mol. The van der Waals surface area contributed by atoms with Gasteiger partial charge in [-0.15, -0.1) is 10.2 Å². The zero-order valence-electron chi connectivity index (χ0n) is 8.20. The van der Waals surface area contributed by atoms with E-state index in [1.165, 1.54) is 6.33 Å². The number of hydrogen-bond acceptors (Lipinski definition) is 5. The van der Waals surface area contributed by atoms with Crippen molar-refractivity contribution < 1.29 is 9.90 Å². The third-order valence-corrected chi connectivity index (χ3v) is 2.32. The van der Waals surface area contributed by atoms with Gasteiger partial charge in [0.1, 0.15) is 6.33 Å². The van der Waals surface area contributed by atoms with Crippen LogP contribution in [0.3, 0.4) is 0 Å². The summed E-state index contributed by atoms with van der Waals surface area (Å²) in [6.45, 7) is 0.473. The summed E-state index contributed by atoms with van der Waals surface area (Å²) in [6, 6.07) is 0.419. The van der Waals surface area contributed by atoms with E-state index in [4.69, 9.17) is 5.11 Å². The van der Waals surface area contributed by atoms with Gasteiger partial charge in [0.05, 0.1) is 12.6 Å². The molecule has 6 nitrogen and oxygen atoms in total. The number of aliphatic carboxylic acids is 1. The van der Waals surface area contributed by atoms with Crippen LogP contribution in [0.25, 0.3) is 0 Å². The second-order valence-electron chi connectivity index (χ2n) is 3.54. The van der Waals surface area contributed by atoms with Gasteiger partial charge in [-0.1, -0.05) is 0 Å². The quantitative estimate of drug-likeness (QED) is 0.750. The van der Waals surface area contributed by atoms with Gasteiger partial charge in [-0.25, -0.2) is 4.98 Å². The Morgan fingerprint density at radius 1 is 1.60 bits per heavy atom. The first-order valence-corrected chi connectivity index (χ1v) is 4.88. The average Bonchev–Trinajstić information content (AvgIpc) is 3.03. The Hall–Kier alpha value is -1.72. The van der Waals surface area contributed by atoms with Gasteiger partial charge in [-0.05, 0) is 12.8 Å². The summed E-state index contributed by atoms with van der Waals surface area (Å²) in [5, 5.41) is 16.3. The van der Waals surface area contributed by atoms with Crippen LogP contribution in [0.5, 0.6) is 0 Å². The number of nitrogens with zero attached hydrogens (tertiary/aromatic N) is 4. The Labute approximate surface area is 87.0 Å². The predicted molar refractivity (Wildman–Crippen MR) is 52.4 cm³/mol. The van der Waals surface area contributed by atoms with Crippen LogP contribution >= 0.6 is 0 Å². The monoisotopic (exact) mass is 208 g/mol. The smallest absolute Gasteiger partial charge is 0.305 e. The maximum absolute atomic E-state index is 10.5. The van der Waals surface area contributed by atoms with Gasteiger partial charge in [0, 0.05) is 12.6 Å². The summed E-state index contributed by atoms with van der Waals surface area (Å²) < 4.78 is 0. The Balaban J connectivity index is 2.03. The minimum absolute atomic E-state index is 0.118. The number of rotatable bonds is 5. The zero-order chi connectivity index (χ0) is 10.7. The van der Waals surface area contributed by atoms with Crippen molar-refractivity contribution in [3.05, 3.63) is 12.5 Å². The van der Waals surface area contributed by atoms with E-state index in [-0.39, 0.29) is 6.42 Å². The molecule has 2 rings (SSSR count). The highest BCUT2D eigenvalue weighted by atomic mass is 16.4. The van der Waals surface area contributed by atoms with E-state index in [1.54, 1.807) is 6.20 Å². The standard InChI is InChI=1S/C9H12N4O2/c14-9(15)3-4-13(7-1-2-7)8-5-10-6-11-12-8/h5-7H,1-4H2,(H,14,15). The van der Waals surface area contributed by atoms with Crippen molar-refractivity contribution >= 4 is 11.8 Å². The van der Waals surface area contributed by atoms with Crippen LogP contribution in [0.1, 0.15) is 19.3 Å². The summed E-state index contributed by atoms with van der Waals surface area (Å²) in [5.41, 5.74) is 0. The van der Waals surface area contributed by atoms with Crippen LogP contribution in [0, 0.1) is 0 Å². The van der Waals surface area contributed by atoms with Crippen molar-refractivity contribution in [2.24, 2.45) is 0 Å². The number of anilines is 1. The SMILES string of the molecule is O=C(O)CCN(c1cncnn1)C1CC1. The van der Waals surface area contributed by atoms with Crippen molar-refractivity contribution in [3.8, 4) is 0 Å². The van der Waals surface area contributed by atoms with Gasteiger partial charge in [-0.3, -0.25) is 4.79 Å². The molecule has 0 aromatic carbocycles. The summed E-state index contributed by atoms with van der Waals surface area (Å²) in [6.07, 6.45) is 5.29. The zero-order valence-corrected chi connectivity index (χ0v) is 8.20. The maximum atomic E-state index is 10.5. The molecule has 6 heteroatoms. The molecule has 1 saturated carbocycles. The molecule has 1 aliphatic rings. The third-order valence-electron chi connectivity index (χ3n) is 2.32. The number of carboxylic acid groups (broad SMARTS) is 1. The Bertz CT molecular complexity index is 339. The third kappa shape index (κ3) is 2.61.